The van der Waals surface area contributed by atoms with Crippen LogP contribution in [-0.2, 0) is 9.53 Å². The van der Waals surface area contributed by atoms with E-state index in [1.807, 2.05) is 6.07 Å². The fraction of sp³-hybridized carbons (Fsp3) is 0.737. The van der Waals surface area contributed by atoms with Crippen LogP contribution in [0.25, 0.3) is 0 Å². The number of hydrogen-bond acceptors (Lipinski definition) is 6. The highest BCUT2D eigenvalue weighted by atomic mass is 16.5. The second-order valence-electron chi connectivity index (χ2n) is 7.50. The molecule has 0 spiro atoms. The molecule has 1 aromatic rings. The number of carbonyl (C=O) groups is 1. The van der Waals surface area contributed by atoms with Gasteiger partial charge in [-0.1, -0.05) is 19.3 Å². The molecule has 7 heteroatoms. The molecular formula is C19H29N5O2. The van der Waals surface area contributed by atoms with Crippen LogP contribution in [0.5, 0.6) is 0 Å². The molecule has 142 valence electrons. The summed E-state index contributed by atoms with van der Waals surface area (Å²) in [6, 6.07) is 4.10. The van der Waals surface area contributed by atoms with Crippen molar-refractivity contribution in [2.75, 3.05) is 62.3 Å². The van der Waals surface area contributed by atoms with Gasteiger partial charge >= 0.3 is 0 Å². The van der Waals surface area contributed by atoms with E-state index in [0.717, 1.165) is 77.0 Å². The predicted molar refractivity (Wildman–Crippen MR) is 100 cm³/mol. The zero-order valence-electron chi connectivity index (χ0n) is 15.5. The third kappa shape index (κ3) is 3.92. The summed E-state index contributed by atoms with van der Waals surface area (Å²) in [5.74, 6) is 2.47. The number of nitrogens with zero attached hydrogens (tertiary/aromatic N) is 5. The van der Waals surface area contributed by atoms with Crippen LogP contribution in [0.2, 0.25) is 0 Å². The lowest BCUT2D eigenvalue weighted by Gasteiger charge is -2.37. The van der Waals surface area contributed by atoms with Crippen LogP contribution >= 0.6 is 0 Å². The van der Waals surface area contributed by atoms with Crippen LogP contribution in [0.3, 0.4) is 0 Å². The molecule has 1 aliphatic carbocycles. The summed E-state index contributed by atoms with van der Waals surface area (Å²) in [6.45, 7) is 6.51. The van der Waals surface area contributed by atoms with Crippen molar-refractivity contribution in [3.8, 4) is 0 Å². The lowest BCUT2D eigenvalue weighted by Crippen LogP contribution is -2.50. The second-order valence-corrected chi connectivity index (χ2v) is 7.50. The number of morpholine rings is 1. The molecule has 3 fully saturated rings. The van der Waals surface area contributed by atoms with Crippen LogP contribution in [0, 0.1) is 5.92 Å². The molecule has 26 heavy (non-hydrogen) atoms. The minimum absolute atomic E-state index is 0.267. The van der Waals surface area contributed by atoms with Gasteiger partial charge in [-0.15, -0.1) is 10.2 Å². The summed E-state index contributed by atoms with van der Waals surface area (Å²) < 4.78 is 5.38. The number of ether oxygens (including phenoxy) is 1. The van der Waals surface area contributed by atoms with E-state index < -0.39 is 0 Å². The third-order valence-electron chi connectivity index (χ3n) is 5.84. The fourth-order valence-corrected chi connectivity index (χ4v) is 4.21. The molecule has 0 unspecified atom stereocenters. The van der Waals surface area contributed by atoms with Gasteiger partial charge < -0.3 is 19.4 Å². The summed E-state index contributed by atoms with van der Waals surface area (Å²) in [4.78, 5) is 19.2. The van der Waals surface area contributed by atoms with Gasteiger partial charge in [0.25, 0.3) is 0 Å². The Morgan fingerprint density at radius 2 is 1.42 bits per heavy atom. The first kappa shape index (κ1) is 17.5. The fourth-order valence-electron chi connectivity index (χ4n) is 4.21. The molecule has 2 aliphatic heterocycles. The van der Waals surface area contributed by atoms with Crippen molar-refractivity contribution < 1.29 is 9.53 Å². The largest absolute Gasteiger partial charge is 0.378 e. The zero-order chi connectivity index (χ0) is 17.8. The Morgan fingerprint density at radius 3 is 2.00 bits per heavy atom. The monoisotopic (exact) mass is 359 g/mol. The Morgan fingerprint density at radius 1 is 0.846 bits per heavy atom. The standard InChI is InChI=1S/C19H29N5O2/c25-19(16-4-2-1-3-5-16)24-10-8-22(9-11-24)17-6-7-18(21-20-17)23-12-14-26-15-13-23/h6-7,16H,1-5,8-15H2. The van der Waals surface area contributed by atoms with Gasteiger partial charge in [0.05, 0.1) is 13.2 Å². The Labute approximate surface area is 155 Å². The minimum Gasteiger partial charge on any atom is -0.378 e. The van der Waals surface area contributed by atoms with Gasteiger partial charge in [0.2, 0.25) is 5.91 Å². The molecular weight excluding hydrogens is 330 g/mol. The van der Waals surface area contributed by atoms with Crippen LogP contribution < -0.4 is 9.80 Å². The SMILES string of the molecule is O=C(C1CCCCC1)N1CCN(c2ccc(N3CCOCC3)nn2)CC1. The maximum atomic E-state index is 12.7. The third-order valence-corrected chi connectivity index (χ3v) is 5.84. The summed E-state index contributed by atoms with van der Waals surface area (Å²) in [5.41, 5.74) is 0. The highest BCUT2D eigenvalue weighted by molar-refractivity contribution is 5.79. The molecule has 4 rings (SSSR count). The van der Waals surface area contributed by atoms with E-state index in [1.165, 1.54) is 19.3 Å². The molecule has 1 aromatic heterocycles. The predicted octanol–water partition coefficient (Wildman–Crippen LogP) is 1.54. The summed E-state index contributed by atoms with van der Waals surface area (Å²) in [6.07, 6.45) is 5.86. The normalized spacial score (nSPS) is 22.5. The van der Waals surface area contributed by atoms with Gasteiger partial charge in [0.1, 0.15) is 0 Å². The van der Waals surface area contributed by atoms with E-state index >= 15 is 0 Å². The van der Waals surface area contributed by atoms with Crippen molar-refractivity contribution in [3.63, 3.8) is 0 Å². The lowest BCUT2D eigenvalue weighted by molar-refractivity contribution is -0.136. The van der Waals surface area contributed by atoms with E-state index in [1.54, 1.807) is 0 Å². The molecule has 2 saturated heterocycles. The molecule has 3 aliphatic rings. The summed E-state index contributed by atoms with van der Waals surface area (Å²) >= 11 is 0. The quantitative estimate of drug-likeness (QED) is 0.816. The first-order valence-corrected chi connectivity index (χ1v) is 10.0. The van der Waals surface area contributed by atoms with Crippen LogP contribution in [0.1, 0.15) is 32.1 Å². The maximum absolute atomic E-state index is 12.7. The van der Waals surface area contributed by atoms with Crippen LogP contribution in [-0.4, -0.2) is 73.5 Å². The lowest BCUT2D eigenvalue weighted by atomic mass is 9.88. The molecule has 0 atom stereocenters. The second kappa shape index (κ2) is 8.20. The Hall–Kier alpha value is -1.89. The first-order valence-electron chi connectivity index (χ1n) is 10.0. The number of hydrogen-bond donors (Lipinski definition) is 0. The molecule has 3 heterocycles. The zero-order valence-corrected chi connectivity index (χ0v) is 15.5. The number of piperazine rings is 1. The van der Waals surface area contributed by atoms with Gasteiger partial charge in [-0.3, -0.25) is 4.79 Å². The average Bonchev–Trinajstić information content (AvgIpc) is 2.75. The average molecular weight is 359 g/mol. The molecule has 0 bridgehead atoms. The maximum Gasteiger partial charge on any atom is 0.225 e. The van der Waals surface area contributed by atoms with Crippen LogP contribution in [0.15, 0.2) is 12.1 Å². The minimum atomic E-state index is 0.267. The number of rotatable bonds is 3. The van der Waals surface area contributed by atoms with Crippen molar-refractivity contribution in [3.05, 3.63) is 12.1 Å². The number of anilines is 2. The van der Waals surface area contributed by atoms with Crippen molar-refractivity contribution in [1.29, 1.82) is 0 Å². The van der Waals surface area contributed by atoms with Crippen molar-refractivity contribution in [1.82, 2.24) is 15.1 Å². The van der Waals surface area contributed by atoms with E-state index in [0.29, 0.717) is 5.91 Å². The van der Waals surface area contributed by atoms with E-state index in [-0.39, 0.29) is 5.92 Å². The Balaban J connectivity index is 1.30. The topological polar surface area (TPSA) is 61.8 Å². The Bertz CT molecular complexity index is 588. The van der Waals surface area contributed by atoms with Crippen molar-refractivity contribution >= 4 is 17.5 Å². The van der Waals surface area contributed by atoms with Crippen molar-refractivity contribution in [2.24, 2.45) is 5.92 Å². The van der Waals surface area contributed by atoms with Gasteiger partial charge in [0.15, 0.2) is 11.6 Å². The van der Waals surface area contributed by atoms with E-state index in [2.05, 4.69) is 31.0 Å². The van der Waals surface area contributed by atoms with E-state index in [4.69, 9.17) is 4.74 Å². The summed E-state index contributed by atoms with van der Waals surface area (Å²) in [7, 11) is 0. The molecule has 1 amide bonds. The molecule has 0 aromatic carbocycles. The van der Waals surface area contributed by atoms with Gasteiger partial charge in [0, 0.05) is 45.2 Å². The van der Waals surface area contributed by atoms with Crippen LogP contribution in [0.4, 0.5) is 11.6 Å². The first-order chi connectivity index (χ1) is 12.8. The van der Waals surface area contributed by atoms with Gasteiger partial charge in [-0.05, 0) is 25.0 Å². The summed E-state index contributed by atoms with van der Waals surface area (Å²) in [5, 5.41) is 8.83. The van der Waals surface area contributed by atoms with Crippen molar-refractivity contribution in [2.45, 2.75) is 32.1 Å². The Kier molecular flexibility index (Phi) is 5.53. The van der Waals surface area contributed by atoms with Gasteiger partial charge in [-0.25, -0.2) is 0 Å². The molecule has 1 saturated carbocycles. The highest BCUT2D eigenvalue weighted by Gasteiger charge is 2.28. The van der Waals surface area contributed by atoms with E-state index in [9.17, 15) is 4.79 Å². The number of aromatic nitrogens is 2. The molecule has 7 nitrogen and oxygen atoms in total. The smallest absolute Gasteiger partial charge is 0.225 e. The number of carbonyl (C=O) groups excluding carboxylic acids is 1. The highest BCUT2D eigenvalue weighted by Crippen LogP contribution is 2.26. The molecule has 0 radical (unpaired) electrons. The van der Waals surface area contributed by atoms with Gasteiger partial charge in [-0.2, -0.15) is 0 Å². The molecule has 0 N–H and O–H groups in total. The number of amides is 1.